The summed E-state index contributed by atoms with van der Waals surface area (Å²) in [6.07, 6.45) is 1.28. The normalized spacial score (nSPS) is 26.5. The van der Waals surface area contributed by atoms with E-state index in [4.69, 9.17) is 0 Å². The summed E-state index contributed by atoms with van der Waals surface area (Å²) in [5, 5.41) is 0. The van der Waals surface area contributed by atoms with Crippen LogP contribution in [0.15, 0.2) is 30.3 Å². The SMILES string of the molecule is CC(C)[C@@H]1C[C@@H](Br)CN1Cc1ccccc1. The Balaban J connectivity index is 2.03. The molecule has 1 nitrogen and oxygen atoms in total. The van der Waals surface area contributed by atoms with Crippen molar-refractivity contribution < 1.29 is 0 Å². The van der Waals surface area contributed by atoms with Crippen molar-refractivity contribution in [1.29, 1.82) is 0 Å². The molecule has 2 atom stereocenters. The highest BCUT2D eigenvalue weighted by molar-refractivity contribution is 9.09. The molecule has 0 spiro atoms. The van der Waals surface area contributed by atoms with Crippen LogP contribution in [-0.4, -0.2) is 22.3 Å². The maximum Gasteiger partial charge on any atom is 0.0288 e. The molecule has 1 fully saturated rings. The quantitative estimate of drug-likeness (QED) is 0.764. The number of nitrogens with zero attached hydrogens (tertiary/aromatic N) is 1. The molecule has 0 N–H and O–H groups in total. The molecule has 1 aromatic carbocycles. The lowest BCUT2D eigenvalue weighted by molar-refractivity contribution is 0.199. The van der Waals surface area contributed by atoms with Gasteiger partial charge in [0.1, 0.15) is 0 Å². The Bertz CT molecular complexity index is 323. The number of rotatable bonds is 3. The molecule has 0 bridgehead atoms. The van der Waals surface area contributed by atoms with Crippen molar-refractivity contribution in [1.82, 2.24) is 4.90 Å². The van der Waals surface area contributed by atoms with E-state index in [1.54, 1.807) is 0 Å². The third-order valence-corrected chi connectivity index (χ3v) is 4.06. The molecule has 0 saturated carbocycles. The summed E-state index contributed by atoms with van der Waals surface area (Å²) in [4.78, 5) is 3.28. The first-order chi connectivity index (χ1) is 7.66. The van der Waals surface area contributed by atoms with Crippen LogP contribution in [0.3, 0.4) is 0 Å². The van der Waals surface area contributed by atoms with Gasteiger partial charge in [-0.1, -0.05) is 60.1 Å². The monoisotopic (exact) mass is 281 g/mol. The smallest absolute Gasteiger partial charge is 0.0288 e. The zero-order valence-electron chi connectivity index (χ0n) is 10.1. The second-order valence-corrected chi connectivity index (χ2v) is 6.35. The van der Waals surface area contributed by atoms with E-state index in [0.29, 0.717) is 4.83 Å². The van der Waals surface area contributed by atoms with E-state index < -0.39 is 0 Å². The van der Waals surface area contributed by atoms with Crippen molar-refractivity contribution in [3.05, 3.63) is 35.9 Å². The summed E-state index contributed by atoms with van der Waals surface area (Å²) in [7, 11) is 0. The third-order valence-electron chi connectivity index (χ3n) is 3.40. The number of hydrogen-bond acceptors (Lipinski definition) is 1. The molecule has 16 heavy (non-hydrogen) atoms. The van der Waals surface area contributed by atoms with Crippen LogP contribution < -0.4 is 0 Å². The van der Waals surface area contributed by atoms with Crippen LogP contribution in [-0.2, 0) is 6.54 Å². The van der Waals surface area contributed by atoms with E-state index in [2.05, 4.69) is 65.0 Å². The highest BCUT2D eigenvalue weighted by Crippen LogP contribution is 2.29. The van der Waals surface area contributed by atoms with Crippen LogP contribution in [0.5, 0.6) is 0 Å². The molecule has 0 radical (unpaired) electrons. The van der Waals surface area contributed by atoms with Gasteiger partial charge in [0.2, 0.25) is 0 Å². The highest BCUT2D eigenvalue weighted by Gasteiger charge is 2.32. The van der Waals surface area contributed by atoms with Gasteiger partial charge in [0.25, 0.3) is 0 Å². The summed E-state index contributed by atoms with van der Waals surface area (Å²) in [5.41, 5.74) is 1.43. The molecule has 0 unspecified atom stereocenters. The number of benzene rings is 1. The summed E-state index contributed by atoms with van der Waals surface area (Å²) in [5.74, 6) is 0.742. The van der Waals surface area contributed by atoms with Gasteiger partial charge in [-0.15, -0.1) is 0 Å². The lowest BCUT2D eigenvalue weighted by Crippen LogP contribution is -2.32. The van der Waals surface area contributed by atoms with E-state index in [0.717, 1.165) is 18.5 Å². The Morgan fingerprint density at radius 1 is 1.31 bits per heavy atom. The van der Waals surface area contributed by atoms with Crippen LogP contribution >= 0.6 is 15.9 Å². The minimum atomic E-state index is 0.670. The molecule has 0 aromatic heterocycles. The van der Waals surface area contributed by atoms with E-state index in [1.807, 2.05) is 0 Å². The first kappa shape index (κ1) is 12.1. The van der Waals surface area contributed by atoms with Crippen LogP contribution in [0.25, 0.3) is 0 Å². The largest absolute Gasteiger partial charge is 0.295 e. The van der Waals surface area contributed by atoms with Gasteiger partial charge in [-0.25, -0.2) is 0 Å². The average molecular weight is 282 g/mol. The van der Waals surface area contributed by atoms with Gasteiger partial charge in [0.15, 0.2) is 0 Å². The van der Waals surface area contributed by atoms with E-state index >= 15 is 0 Å². The fraction of sp³-hybridized carbons (Fsp3) is 0.571. The molecule has 88 valence electrons. The first-order valence-electron chi connectivity index (χ1n) is 6.09. The van der Waals surface area contributed by atoms with Crippen molar-refractivity contribution in [3.8, 4) is 0 Å². The Morgan fingerprint density at radius 3 is 2.62 bits per heavy atom. The van der Waals surface area contributed by atoms with E-state index in [1.165, 1.54) is 18.5 Å². The number of hydrogen-bond donors (Lipinski definition) is 0. The first-order valence-corrected chi connectivity index (χ1v) is 7.00. The average Bonchev–Trinajstić information content (AvgIpc) is 2.61. The molecule has 2 rings (SSSR count). The number of likely N-dealkylation sites (tertiary alicyclic amines) is 1. The molecule has 0 aliphatic carbocycles. The molecule has 1 aliphatic rings. The van der Waals surface area contributed by atoms with Gasteiger partial charge in [-0.2, -0.15) is 0 Å². The molecular weight excluding hydrogens is 262 g/mol. The van der Waals surface area contributed by atoms with E-state index in [-0.39, 0.29) is 0 Å². The van der Waals surface area contributed by atoms with Gasteiger partial charge in [0, 0.05) is 24.0 Å². The predicted molar refractivity (Wildman–Crippen MR) is 72.8 cm³/mol. The fourth-order valence-corrected chi connectivity index (χ4v) is 3.32. The second-order valence-electron chi connectivity index (χ2n) is 5.06. The molecule has 1 aliphatic heterocycles. The highest BCUT2D eigenvalue weighted by atomic mass is 79.9. The van der Waals surface area contributed by atoms with Crippen LogP contribution in [0.2, 0.25) is 0 Å². The minimum Gasteiger partial charge on any atom is -0.295 e. The minimum absolute atomic E-state index is 0.670. The van der Waals surface area contributed by atoms with Gasteiger partial charge in [-0.3, -0.25) is 4.90 Å². The standard InChI is InChI=1S/C14H20BrN/c1-11(2)14-8-13(15)10-16(14)9-12-6-4-3-5-7-12/h3-7,11,13-14H,8-10H2,1-2H3/t13-,14+/m1/s1. The lowest BCUT2D eigenvalue weighted by atomic mass is 10.0. The second kappa shape index (κ2) is 5.33. The van der Waals surface area contributed by atoms with Crippen molar-refractivity contribution >= 4 is 15.9 Å². The molecule has 1 heterocycles. The Kier molecular flexibility index (Phi) is 4.04. The van der Waals surface area contributed by atoms with Gasteiger partial charge in [-0.05, 0) is 17.9 Å². The molecule has 2 heteroatoms. The van der Waals surface area contributed by atoms with Crippen molar-refractivity contribution in [2.24, 2.45) is 5.92 Å². The van der Waals surface area contributed by atoms with Crippen molar-refractivity contribution in [2.75, 3.05) is 6.54 Å². The van der Waals surface area contributed by atoms with Gasteiger partial charge < -0.3 is 0 Å². The van der Waals surface area contributed by atoms with Crippen LogP contribution in [0.1, 0.15) is 25.8 Å². The van der Waals surface area contributed by atoms with Crippen molar-refractivity contribution in [2.45, 2.75) is 37.7 Å². The number of halogens is 1. The third kappa shape index (κ3) is 2.86. The Morgan fingerprint density at radius 2 is 2.00 bits per heavy atom. The summed E-state index contributed by atoms with van der Waals surface area (Å²) in [6.45, 7) is 6.92. The maximum atomic E-state index is 3.76. The van der Waals surface area contributed by atoms with Crippen molar-refractivity contribution in [3.63, 3.8) is 0 Å². The predicted octanol–water partition coefficient (Wildman–Crippen LogP) is 3.68. The van der Waals surface area contributed by atoms with Gasteiger partial charge in [0.05, 0.1) is 0 Å². The zero-order valence-corrected chi connectivity index (χ0v) is 11.7. The van der Waals surface area contributed by atoms with Gasteiger partial charge >= 0.3 is 0 Å². The van der Waals surface area contributed by atoms with E-state index in [9.17, 15) is 0 Å². The fourth-order valence-electron chi connectivity index (χ4n) is 2.57. The molecule has 0 amide bonds. The Labute approximate surface area is 107 Å². The molecule has 1 saturated heterocycles. The summed E-state index contributed by atoms with van der Waals surface area (Å²) >= 11 is 3.76. The van der Waals surface area contributed by atoms with Crippen LogP contribution in [0.4, 0.5) is 0 Å². The topological polar surface area (TPSA) is 3.24 Å². The number of alkyl halides is 1. The maximum absolute atomic E-state index is 3.76. The summed E-state index contributed by atoms with van der Waals surface area (Å²) in [6, 6.07) is 11.5. The molecule has 1 aromatic rings. The molecular formula is C14H20BrN. The summed E-state index contributed by atoms with van der Waals surface area (Å²) < 4.78 is 0. The lowest BCUT2D eigenvalue weighted by Gasteiger charge is -2.27. The zero-order chi connectivity index (χ0) is 11.5. The Hall–Kier alpha value is -0.340. The van der Waals surface area contributed by atoms with Crippen LogP contribution in [0, 0.1) is 5.92 Å².